The molecule has 4 aromatic rings. The predicted octanol–water partition coefficient (Wildman–Crippen LogP) is 5.45. The first-order valence-corrected chi connectivity index (χ1v) is 11.6. The van der Waals surface area contributed by atoms with Crippen molar-refractivity contribution in [3.63, 3.8) is 0 Å². The summed E-state index contributed by atoms with van der Waals surface area (Å²) in [5.74, 6) is 0.0252. The molecule has 3 nitrogen and oxygen atoms in total. The van der Waals surface area contributed by atoms with Crippen LogP contribution in [0.15, 0.2) is 102 Å². The highest BCUT2D eigenvalue weighted by Crippen LogP contribution is 2.25. The number of sulfonamides is 1. The Hall–Kier alpha value is -2.95. The molecule has 1 atom stereocenters. The standard InChI is InChI=1S/C26H25NO2S/c1-20-11-15-26(16-12-20)30(28,29)27-19-25(17-21-7-3-2-4-8-21)24-14-13-22-9-5-6-10-23(22)18-24/h2-16,18,25,27H,17,19H2,1H3/t25-/m0/s1. The first-order chi connectivity index (χ1) is 14.5. The molecule has 0 saturated heterocycles. The zero-order valence-corrected chi connectivity index (χ0v) is 17.8. The molecule has 4 rings (SSSR count). The van der Waals surface area contributed by atoms with Crippen LogP contribution in [0.1, 0.15) is 22.6 Å². The summed E-state index contributed by atoms with van der Waals surface area (Å²) in [6.45, 7) is 2.28. The Morgan fingerprint density at radius 2 is 1.43 bits per heavy atom. The van der Waals surface area contributed by atoms with Crippen LogP contribution in [-0.2, 0) is 16.4 Å². The smallest absolute Gasteiger partial charge is 0.211 e. The van der Waals surface area contributed by atoms with Gasteiger partial charge in [-0.1, -0.05) is 90.5 Å². The van der Waals surface area contributed by atoms with Crippen molar-refractivity contribution in [3.05, 3.63) is 114 Å². The van der Waals surface area contributed by atoms with E-state index in [2.05, 4.69) is 47.2 Å². The number of benzene rings is 4. The van der Waals surface area contributed by atoms with E-state index in [4.69, 9.17) is 0 Å². The number of fused-ring (bicyclic) bond motifs is 1. The third-order valence-corrected chi connectivity index (χ3v) is 6.86. The van der Waals surface area contributed by atoms with Crippen LogP contribution in [0.3, 0.4) is 0 Å². The number of nitrogens with one attached hydrogen (secondary N) is 1. The maximum absolute atomic E-state index is 12.8. The summed E-state index contributed by atoms with van der Waals surface area (Å²) in [6, 6.07) is 31.8. The Balaban J connectivity index is 1.62. The highest BCUT2D eigenvalue weighted by atomic mass is 32.2. The summed E-state index contributed by atoms with van der Waals surface area (Å²) in [4.78, 5) is 0.296. The molecule has 152 valence electrons. The summed E-state index contributed by atoms with van der Waals surface area (Å²) in [7, 11) is -3.56. The lowest BCUT2D eigenvalue weighted by molar-refractivity contribution is 0.569. The molecule has 0 aliphatic heterocycles. The second-order valence-electron chi connectivity index (χ2n) is 7.66. The molecule has 0 fully saturated rings. The van der Waals surface area contributed by atoms with Gasteiger partial charge < -0.3 is 0 Å². The number of hydrogen-bond donors (Lipinski definition) is 1. The van der Waals surface area contributed by atoms with Crippen molar-refractivity contribution in [1.82, 2.24) is 4.72 Å². The van der Waals surface area contributed by atoms with Gasteiger partial charge in [0.1, 0.15) is 0 Å². The molecule has 0 aromatic heterocycles. The molecule has 0 heterocycles. The average molecular weight is 416 g/mol. The molecule has 30 heavy (non-hydrogen) atoms. The van der Waals surface area contributed by atoms with Crippen molar-refractivity contribution < 1.29 is 8.42 Å². The Morgan fingerprint density at radius 1 is 0.767 bits per heavy atom. The van der Waals surface area contributed by atoms with E-state index >= 15 is 0 Å². The van der Waals surface area contributed by atoms with Gasteiger partial charge in [0, 0.05) is 12.5 Å². The minimum atomic E-state index is -3.56. The molecule has 0 aliphatic carbocycles. The minimum Gasteiger partial charge on any atom is -0.211 e. The fourth-order valence-electron chi connectivity index (χ4n) is 3.68. The molecule has 0 bridgehead atoms. The zero-order valence-electron chi connectivity index (χ0n) is 17.0. The Morgan fingerprint density at radius 3 is 2.17 bits per heavy atom. The van der Waals surface area contributed by atoms with E-state index in [9.17, 15) is 8.42 Å². The molecule has 0 unspecified atom stereocenters. The third kappa shape index (κ3) is 4.78. The summed E-state index contributed by atoms with van der Waals surface area (Å²) in [5, 5.41) is 2.34. The minimum absolute atomic E-state index is 0.0252. The lowest BCUT2D eigenvalue weighted by atomic mass is 9.90. The van der Waals surface area contributed by atoms with E-state index in [0.717, 1.165) is 22.9 Å². The molecular formula is C26H25NO2S. The summed E-state index contributed by atoms with van der Waals surface area (Å²) in [5.41, 5.74) is 3.35. The zero-order chi connectivity index (χ0) is 21.0. The maximum Gasteiger partial charge on any atom is 0.240 e. The lowest BCUT2D eigenvalue weighted by Crippen LogP contribution is -2.29. The molecule has 0 saturated carbocycles. The van der Waals surface area contributed by atoms with Crippen LogP contribution >= 0.6 is 0 Å². The normalized spacial score (nSPS) is 12.7. The van der Waals surface area contributed by atoms with Gasteiger partial charge in [0.05, 0.1) is 4.90 Å². The van der Waals surface area contributed by atoms with Crippen LogP contribution in [-0.4, -0.2) is 15.0 Å². The fourth-order valence-corrected chi connectivity index (χ4v) is 4.76. The quantitative estimate of drug-likeness (QED) is 0.436. The van der Waals surface area contributed by atoms with Gasteiger partial charge in [0.15, 0.2) is 0 Å². The molecule has 0 amide bonds. The van der Waals surface area contributed by atoms with E-state index in [1.807, 2.05) is 49.4 Å². The van der Waals surface area contributed by atoms with Crippen molar-refractivity contribution in [2.24, 2.45) is 0 Å². The highest BCUT2D eigenvalue weighted by molar-refractivity contribution is 7.89. The number of rotatable bonds is 7. The molecule has 1 N–H and O–H groups in total. The molecule has 0 radical (unpaired) electrons. The Bertz CT molecular complexity index is 1230. The van der Waals surface area contributed by atoms with Crippen molar-refractivity contribution >= 4 is 20.8 Å². The van der Waals surface area contributed by atoms with Crippen molar-refractivity contribution in [2.75, 3.05) is 6.54 Å². The average Bonchev–Trinajstić information content (AvgIpc) is 2.77. The van der Waals surface area contributed by atoms with Gasteiger partial charge in [-0.2, -0.15) is 0 Å². The summed E-state index contributed by atoms with van der Waals surface area (Å²) >= 11 is 0. The van der Waals surface area contributed by atoms with Gasteiger partial charge in [0.25, 0.3) is 0 Å². The van der Waals surface area contributed by atoms with Gasteiger partial charge in [-0.3, -0.25) is 0 Å². The third-order valence-electron chi connectivity index (χ3n) is 5.42. The lowest BCUT2D eigenvalue weighted by Gasteiger charge is -2.19. The van der Waals surface area contributed by atoms with Gasteiger partial charge in [-0.25, -0.2) is 13.1 Å². The van der Waals surface area contributed by atoms with Crippen molar-refractivity contribution in [1.29, 1.82) is 0 Å². The molecule has 4 aromatic carbocycles. The maximum atomic E-state index is 12.8. The topological polar surface area (TPSA) is 46.2 Å². The van der Waals surface area contributed by atoms with Gasteiger partial charge in [0.2, 0.25) is 10.0 Å². The first kappa shape index (κ1) is 20.3. The van der Waals surface area contributed by atoms with E-state index in [1.54, 1.807) is 12.1 Å². The monoisotopic (exact) mass is 415 g/mol. The van der Waals surface area contributed by atoms with Crippen molar-refractivity contribution in [3.8, 4) is 0 Å². The fraction of sp³-hybridized carbons (Fsp3) is 0.154. The van der Waals surface area contributed by atoms with Crippen LogP contribution in [0, 0.1) is 6.92 Å². The van der Waals surface area contributed by atoms with Crippen LogP contribution in [0.25, 0.3) is 10.8 Å². The predicted molar refractivity (Wildman–Crippen MR) is 123 cm³/mol. The van der Waals surface area contributed by atoms with Crippen molar-refractivity contribution in [2.45, 2.75) is 24.2 Å². The van der Waals surface area contributed by atoms with Crippen LogP contribution in [0.4, 0.5) is 0 Å². The molecule has 4 heteroatoms. The molecule has 0 spiro atoms. The van der Waals surface area contributed by atoms with E-state index in [1.165, 1.54) is 10.9 Å². The van der Waals surface area contributed by atoms with Gasteiger partial charge in [-0.05, 0) is 47.4 Å². The van der Waals surface area contributed by atoms with Gasteiger partial charge >= 0.3 is 0 Å². The number of hydrogen-bond acceptors (Lipinski definition) is 2. The van der Waals surface area contributed by atoms with Crippen LogP contribution in [0.5, 0.6) is 0 Å². The van der Waals surface area contributed by atoms with Crippen LogP contribution < -0.4 is 4.72 Å². The summed E-state index contributed by atoms with van der Waals surface area (Å²) < 4.78 is 28.5. The van der Waals surface area contributed by atoms with Crippen LogP contribution in [0.2, 0.25) is 0 Å². The largest absolute Gasteiger partial charge is 0.240 e. The molecular weight excluding hydrogens is 390 g/mol. The van der Waals surface area contributed by atoms with E-state index < -0.39 is 10.0 Å². The second kappa shape index (κ2) is 8.82. The SMILES string of the molecule is Cc1ccc(S(=O)(=O)NC[C@H](Cc2ccccc2)c2ccc3ccccc3c2)cc1. The van der Waals surface area contributed by atoms with Gasteiger partial charge in [-0.15, -0.1) is 0 Å². The second-order valence-corrected chi connectivity index (χ2v) is 9.43. The highest BCUT2D eigenvalue weighted by Gasteiger charge is 2.19. The molecule has 0 aliphatic rings. The summed E-state index contributed by atoms with van der Waals surface area (Å²) in [6.07, 6.45) is 0.760. The first-order valence-electron chi connectivity index (χ1n) is 10.1. The Labute approximate surface area is 178 Å². The van der Waals surface area contributed by atoms with E-state index in [0.29, 0.717) is 11.4 Å². The Kier molecular flexibility index (Phi) is 5.98. The van der Waals surface area contributed by atoms with E-state index in [-0.39, 0.29) is 5.92 Å². The number of aryl methyl sites for hydroxylation is 1.